The SMILES string of the molecule is Cc1ccc([C@@H](N)C(=O)O)cc1Cl. The number of carboxylic acid groups (broad SMARTS) is 1. The number of carbonyl (C=O) groups is 1. The number of nitrogens with two attached hydrogens (primary N) is 1. The molecule has 1 rings (SSSR count). The Morgan fingerprint density at radius 3 is 2.69 bits per heavy atom. The van der Waals surface area contributed by atoms with Gasteiger partial charge in [-0.15, -0.1) is 0 Å². The number of benzene rings is 1. The molecule has 0 bridgehead atoms. The van der Waals surface area contributed by atoms with Crippen LogP contribution in [0.15, 0.2) is 18.2 Å². The first-order chi connectivity index (χ1) is 6.02. The van der Waals surface area contributed by atoms with E-state index in [1.165, 1.54) is 0 Å². The molecule has 0 heterocycles. The van der Waals surface area contributed by atoms with Crippen molar-refractivity contribution in [1.29, 1.82) is 0 Å². The van der Waals surface area contributed by atoms with Crippen molar-refractivity contribution >= 4 is 17.6 Å². The maximum Gasteiger partial charge on any atom is 0.325 e. The number of hydrogen-bond acceptors (Lipinski definition) is 2. The summed E-state index contributed by atoms with van der Waals surface area (Å²) in [7, 11) is 0. The Morgan fingerprint density at radius 1 is 1.62 bits per heavy atom. The third kappa shape index (κ3) is 2.20. The van der Waals surface area contributed by atoms with Crippen LogP contribution in [0.4, 0.5) is 0 Å². The maximum absolute atomic E-state index is 10.5. The average molecular weight is 200 g/mol. The van der Waals surface area contributed by atoms with Gasteiger partial charge in [-0.3, -0.25) is 4.79 Å². The average Bonchev–Trinajstić information content (AvgIpc) is 2.08. The number of carboxylic acids is 1. The lowest BCUT2D eigenvalue weighted by Gasteiger charge is -2.07. The van der Waals surface area contributed by atoms with Gasteiger partial charge in [-0.05, 0) is 24.1 Å². The zero-order chi connectivity index (χ0) is 10.0. The van der Waals surface area contributed by atoms with Crippen LogP contribution in [0, 0.1) is 6.92 Å². The van der Waals surface area contributed by atoms with Crippen LogP contribution >= 0.6 is 11.6 Å². The molecule has 1 aromatic rings. The van der Waals surface area contributed by atoms with Crippen molar-refractivity contribution in [3.8, 4) is 0 Å². The molecule has 3 nitrogen and oxygen atoms in total. The highest BCUT2D eigenvalue weighted by Gasteiger charge is 2.14. The fourth-order valence-corrected chi connectivity index (χ4v) is 1.13. The predicted octanol–water partition coefficient (Wildman–Crippen LogP) is 1.73. The van der Waals surface area contributed by atoms with Gasteiger partial charge in [0.1, 0.15) is 6.04 Å². The lowest BCUT2D eigenvalue weighted by molar-refractivity contribution is -0.138. The number of rotatable bonds is 2. The summed E-state index contributed by atoms with van der Waals surface area (Å²) in [5.74, 6) is -1.06. The molecule has 4 heteroatoms. The van der Waals surface area contributed by atoms with Crippen LogP contribution in [-0.2, 0) is 4.79 Å². The summed E-state index contributed by atoms with van der Waals surface area (Å²) in [6.45, 7) is 1.85. The molecule has 0 aliphatic heterocycles. The molecular weight excluding hydrogens is 190 g/mol. The summed E-state index contributed by atoms with van der Waals surface area (Å²) in [5.41, 5.74) is 6.82. The highest BCUT2D eigenvalue weighted by Crippen LogP contribution is 2.20. The van der Waals surface area contributed by atoms with E-state index >= 15 is 0 Å². The fraction of sp³-hybridized carbons (Fsp3) is 0.222. The van der Waals surface area contributed by atoms with Crippen LogP contribution in [-0.4, -0.2) is 11.1 Å². The van der Waals surface area contributed by atoms with E-state index in [4.69, 9.17) is 22.4 Å². The fourth-order valence-electron chi connectivity index (χ4n) is 0.945. The molecule has 0 fully saturated rings. The minimum atomic E-state index is -1.06. The van der Waals surface area contributed by atoms with Crippen molar-refractivity contribution < 1.29 is 9.90 Å². The molecule has 1 aromatic carbocycles. The Morgan fingerprint density at radius 2 is 2.23 bits per heavy atom. The largest absolute Gasteiger partial charge is 0.480 e. The summed E-state index contributed by atoms with van der Waals surface area (Å²) in [4.78, 5) is 10.5. The summed E-state index contributed by atoms with van der Waals surface area (Å²) in [6, 6.07) is 3.99. The molecular formula is C9H10ClNO2. The monoisotopic (exact) mass is 199 g/mol. The normalized spacial score (nSPS) is 12.5. The van der Waals surface area contributed by atoms with E-state index in [2.05, 4.69) is 0 Å². The van der Waals surface area contributed by atoms with Gasteiger partial charge in [-0.2, -0.15) is 0 Å². The minimum absolute atomic E-state index is 0.517. The van der Waals surface area contributed by atoms with Gasteiger partial charge in [0.05, 0.1) is 0 Å². The Kier molecular flexibility index (Phi) is 2.90. The van der Waals surface area contributed by atoms with Crippen LogP contribution in [0.3, 0.4) is 0 Å². The highest BCUT2D eigenvalue weighted by atomic mass is 35.5. The van der Waals surface area contributed by atoms with Crippen LogP contribution in [0.5, 0.6) is 0 Å². The molecule has 1 atom stereocenters. The van der Waals surface area contributed by atoms with Crippen molar-refractivity contribution in [3.63, 3.8) is 0 Å². The van der Waals surface area contributed by atoms with Crippen LogP contribution in [0.25, 0.3) is 0 Å². The summed E-state index contributed by atoms with van der Waals surface area (Å²) in [6.07, 6.45) is 0. The molecule has 0 aromatic heterocycles. The van der Waals surface area contributed by atoms with Gasteiger partial charge < -0.3 is 10.8 Å². The van der Waals surface area contributed by atoms with Gasteiger partial charge in [-0.1, -0.05) is 23.7 Å². The van der Waals surface area contributed by atoms with E-state index in [-0.39, 0.29) is 0 Å². The third-order valence-electron chi connectivity index (χ3n) is 1.82. The van der Waals surface area contributed by atoms with Gasteiger partial charge in [0, 0.05) is 5.02 Å². The lowest BCUT2D eigenvalue weighted by atomic mass is 10.1. The maximum atomic E-state index is 10.5. The van der Waals surface area contributed by atoms with Crippen molar-refractivity contribution in [3.05, 3.63) is 34.3 Å². The zero-order valence-corrected chi connectivity index (χ0v) is 7.88. The van der Waals surface area contributed by atoms with E-state index in [9.17, 15) is 4.79 Å². The van der Waals surface area contributed by atoms with Crippen LogP contribution in [0.1, 0.15) is 17.2 Å². The second-order valence-corrected chi connectivity index (χ2v) is 3.23. The standard InChI is InChI=1S/C9H10ClNO2/c1-5-2-3-6(4-7(5)10)8(11)9(12)13/h2-4,8H,11H2,1H3,(H,12,13)/t8-/m1/s1. The Hall–Kier alpha value is -1.06. The van der Waals surface area contributed by atoms with Crippen molar-refractivity contribution in [2.45, 2.75) is 13.0 Å². The van der Waals surface area contributed by atoms with E-state index < -0.39 is 12.0 Å². The summed E-state index contributed by atoms with van der Waals surface area (Å²) in [5, 5.41) is 9.16. The van der Waals surface area contributed by atoms with E-state index in [0.717, 1.165) is 5.56 Å². The Balaban J connectivity index is 3.03. The topological polar surface area (TPSA) is 63.3 Å². The number of halogens is 1. The first kappa shape index (κ1) is 10.0. The smallest absolute Gasteiger partial charge is 0.325 e. The molecule has 0 radical (unpaired) electrons. The van der Waals surface area contributed by atoms with Crippen molar-refractivity contribution in [2.75, 3.05) is 0 Å². The number of hydrogen-bond donors (Lipinski definition) is 2. The number of aryl methyl sites for hydroxylation is 1. The first-order valence-electron chi connectivity index (χ1n) is 3.77. The molecule has 0 saturated heterocycles. The first-order valence-corrected chi connectivity index (χ1v) is 4.14. The Labute approximate surface area is 81.1 Å². The van der Waals surface area contributed by atoms with Crippen LogP contribution < -0.4 is 5.73 Å². The van der Waals surface area contributed by atoms with Crippen molar-refractivity contribution in [1.82, 2.24) is 0 Å². The van der Waals surface area contributed by atoms with Gasteiger partial charge in [0.2, 0.25) is 0 Å². The quantitative estimate of drug-likeness (QED) is 0.763. The third-order valence-corrected chi connectivity index (χ3v) is 2.23. The van der Waals surface area contributed by atoms with Gasteiger partial charge in [-0.25, -0.2) is 0 Å². The predicted molar refractivity (Wildman–Crippen MR) is 50.8 cm³/mol. The Bertz CT molecular complexity index is 338. The molecule has 0 aliphatic carbocycles. The molecule has 70 valence electrons. The molecule has 0 aliphatic rings. The molecule has 3 N–H and O–H groups in total. The van der Waals surface area contributed by atoms with Gasteiger partial charge in [0.25, 0.3) is 0 Å². The van der Waals surface area contributed by atoms with Gasteiger partial charge >= 0.3 is 5.97 Å². The molecule has 13 heavy (non-hydrogen) atoms. The molecule has 0 spiro atoms. The summed E-state index contributed by atoms with van der Waals surface area (Å²) < 4.78 is 0. The van der Waals surface area contributed by atoms with Gasteiger partial charge in [0.15, 0.2) is 0 Å². The highest BCUT2D eigenvalue weighted by molar-refractivity contribution is 6.31. The molecule has 0 saturated carbocycles. The molecule has 0 unspecified atom stereocenters. The minimum Gasteiger partial charge on any atom is -0.480 e. The molecule has 0 amide bonds. The van der Waals surface area contributed by atoms with E-state index in [1.54, 1.807) is 18.2 Å². The lowest BCUT2D eigenvalue weighted by Crippen LogP contribution is -2.20. The summed E-state index contributed by atoms with van der Waals surface area (Å²) >= 11 is 5.81. The van der Waals surface area contributed by atoms with Crippen molar-refractivity contribution in [2.24, 2.45) is 5.73 Å². The second kappa shape index (κ2) is 3.77. The van der Waals surface area contributed by atoms with E-state index in [1.807, 2.05) is 6.92 Å². The van der Waals surface area contributed by atoms with Crippen LogP contribution in [0.2, 0.25) is 5.02 Å². The van der Waals surface area contributed by atoms with E-state index in [0.29, 0.717) is 10.6 Å². The second-order valence-electron chi connectivity index (χ2n) is 2.82. The number of aliphatic carboxylic acids is 1. The zero-order valence-electron chi connectivity index (χ0n) is 7.12.